The first-order valence-corrected chi connectivity index (χ1v) is 8.40. The van der Waals surface area contributed by atoms with E-state index in [2.05, 4.69) is 0 Å². The van der Waals surface area contributed by atoms with E-state index in [-0.39, 0.29) is 48.8 Å². The highest BCUT2D eigenvalue weighted by Crippen LogP contribution is 2.45. The van der Waals surface area contributed by atoms with Crippen LogP contribution in [0.25, 0.3) is 0 Å². The number of carbonyl (C=O) groups is 2. The zero-order valence-corrected chi connectivity index (χ0v) is 15.4. The quantitative estimate of drug-likeness (QED) is 0.627. The molecule has 0 aromatic carbocycles. The molecule has 3 N–H and O–H groups in total. The maximum Gasteiger partial charge on any atom is 0.353 e. The molecule has 1 fully saturated rings. The van der Waals surface area contributed by atoms with Crippen molar-refractivity contribution >= 4 is 24.3 Å². The number of nitrogens with two attached hydrogens (primary N) is 1. The fourth-order valence-electron chi connectivity index (χ4n) is 2.69. The van der Waals surface area contributed by atoms with Gasteiger partial charge in [-0.15, -0.1) is 12.4 Å². The van der Waals surface area contributed by atoms with Gasteiger partial charge >= 0.3 is 11.9 Å². The summed E-state index contributed by atoms with van der Waals surface area (Å²) in [6.07, 6.45) is 1.95. The van der Waals surface area contributed by atoms with E-state index in [1.165, 1.54) is 0 Å². The lowest BCUT2D eigenvalue weighted by atomic mass is 9.98. The normalized spacial score (nSPS) is 19.8. The molecule has 8 heteroatoms. The van der Waals surface area contributed by atoms with E-state index in [1.807, 2.05) is 0 Å². The molecule has 7 nitrogen and oxygen atoms in total. The lowest BCUT2D eigenvalue weighted by molar-refractivity contribution is -0.152. The average molecular weight is 376 g/mol. The van der Waals surface area contributed by atoms with Crippen LogP contribution in [0.3, 0.4) is 0 Å². The van der Waals surface area contributed by atoms with Crippen molar-refractivity contribution in [1.82, 2.24) is 0 Å². The second kappa shape index (κ2) is 9.56. The van der Waals surface area contributed by atoms with Crippen molar-refractivity contribution in [1.29, 1.82) is 0 Å². The first-order valence-electron chi connectivity index (χ1n) is 8.40. The molecule has 1 saturated carbocycles. The monoisotopic (exact) mass is 375 g/mol. The largest absolute Gasteiger partial charge is 0.506 e. The molecule has 2 aliphatic rings. The van der Waals surface area contributed by atoms with E-state index < -0.39 is 12.1 Å². The van der Waals surface area contributed by atoms with Crippen LogP contribution < -0.4 is 5.73 Å². The molecular weight excluding hydrogens is 350 g/mol. The molecule has 25 heavy (non-hydrogen) atoms. The second-order valence-corrected chi connectivity index (χ2v) is 5.82. The molecule has 0 spiro atoms. The Morgan fingerprint density at radius 3 is 2.44 bits per heavy atom. The zero-order valence-electron chi connectivity index (χ0n) is 14.6. The standard InChI is InChI=1S/C17H25NO6.ClH/c1-3-22-12(19)7-5-6-11-13(10-8-9-10)15(20)14(18)16(24-11)17(21)23-4-2;/h10,16,20H,3-9,18H2,1-2H3;1H. The van der Waals surface area contributed by atoms with Gasteiger partial charge in [0.2, 0.25) is 6.10 Å². The molecule has 1 aliphatic heterocycles. The van der Waals surface area contributed by atoms with Gasteiger partial charge in [0.15, 0.2) is 0 Å². The third-order valence-corrected chi connectivity index (χ3v) is 3.95. The summed E-state index contributed by atoms with van der Waals surface area (Å²) >= 11 is 0. The third-order valence-electron chi connectivity index (χ3n) is 3.95. The highest BCUT2D eigenvalue weighted by molar-refractivity contribution is 5.85. The maximum absolute atomic E-state index is 12.0. The van der Waals surface area contributed by atoms with Crippen LogP contribution in [0.1, 0.15) is 46.0 Å². The smallest absolute Gasteiger partial charge is 0.353 e. The van der Waals surface area contributed by atoms with Crippen LogP contribution in [0.5, 0.6) is 0 Å². The fourth-order valence-corrected chi connectivity index (χ4v) is 2.69. The van der Waals surface area contributed by atoms with Crippen LogP contribution in [0.2, 0.25) is 0 Å². The third kappa shape index (κ3) is 5.29. The molecule has 1 heterocycles. The molecular formula is C17H26ClNO6. The van der Waals surface area contributed by atoms with Crippen LogP contribution in [0, 0.1) is 5.92 Å². The Balaban J connectivity index is 0.00000312. The Morgan fingerprint density at radius 1 is 1.24 bits per heavy atom. The van der Waals surface area contributed by atoms with Crippen molar-refractivity contribution in [3.8, 4) is 0 Å². The number of allylic oxidation sites excluding steroid dienone is 2. The minimum absolute atomic E-state index is 0. The van der Waals surface area contributed by atoms with Crippen molar-refractivity contribution in [3.05, 3.63) is 22.8 Å². The molecule has 142 valence electrons. The molecule has 0 amide bonds. The Kier molecular flexibility index (Phi) is 8.09. The lowest BCUT2D eigenvalue weighted by Gasteiger charge is -2.28. The molecule has 1 atom stereocenters. The summed E-state index contributed by atoms with van der Waals surface area (Å²) in [5.41, 5.74) is 6.54. The molecule has 0 bridgehead atoms. The molecule has 2 rings (SSSR count). The topological polar surface area (TPSA) is 108 Å². The summed E-state index contributed by atoms with van der Waals surface area (Å²) in [5, 5.41) is 10.4. The van der Waals surface area contributed by atoms with Crippen LogP contribution >= 0.6 is 12.4 Å². The molecule has 0 radical (unpaired) electrons. The van der Waals surface area contributed by atoms with Gasteiger partial charge in [-0.1, -0.05) is 0 Å². The fraction of sp³-hybridized carbons (Fsp3) is 0.647. The van der Waals surface area contributed by atoms with E-state index in [4.69, 9.17) is 19.9 Å². The van der Waals surface area contributed by atoms with Gasteiger partial charge in [-0.2, -0.15) is 0 Å². The number of hydrogen-bond donors (Lipinski definition) is 2. The number of esters is 2. The van der Waals surface area contributed by atoms with Gasteiger partial charge in [-0.3, -0.25) is 4.79 Å². The summed E-state index contributed by atoms with van der Waals surface area (Å²) < 4.78 is 15.6. The zero-order chi connectivity index (χ0) is 17.7. The first-order chi connectivity index (χ1) is 11.5. The van der Waals surface area contributed by atoms with Crippen molar-refractivity contribution < 1.29 is 28.9 Å². The van der Waals surface area contributed by atoms with Crippen molar-refractivity contribution in [2.75, 3.05) is 13.2 Å². The highest BCUT2D eigenvalue weighted by atomic mass is 35.5. The number of hydrogen-bond acceptors (Lipinski definition) is 7. The lowest BCUT2D eigenvalue weighted by Crippen LogP contribution is -2.36. The predicted molar refractivity (Wildman–Crippen MR) is 92.8 cm³/mol. The summed E-state index contributed by atoms with van der Waals surface area (Å²) in [6.45, 7) is 3.98. The molecule has 1 unspecified atom stereocenters. The predicted octanol–water partition coefficient (Wildman–Crippen LogP) is 2.50. The highest BCUT2D eigenvalue weighted by Gasteiger charge is 2.40. The van der Waals surface area contributed by atoms with E-state index in [0.717, 1.165) is 12.8 Å². The van der Waals surface area contributed by atoms with Crippen LogP contribution in [-0.2, 0) is 23.8 Å². The Labute approximate surface area is 153 Å². The summed E-state index contributed by atoms with van der Waals surface area (Å²) in [7, 11) is 0. The average Bonchev–Trinajstić information content (AvgIpc) is 3.35. The number of ether oxygens (including phenoxy) is 3. The summed E-state index contributed by atoms with van der Waals surface area (Å²) in [4.78, 5) is 23.4. The van der Waals surface area contributed by atoms with Gasteiger partial charge in [0.1, 0.15) is 17.2 Å². The Morgan fingerprint density at radius 2 is 1.88 bits per heavy atom. The van der Waals surface area contributed by atoms with Crippen molar-refractivity contribution in [3.63, 3.8) is 0 Å². The number of carbonyl (C=O) groups excluding carboxylic acids is 2. The van der Waals surface area contributed by atoms with Gasteiger partial charge in [-0.25, -0.2) is 4.79 Å². The number of rotatable bonds is 8. The number of halogens is 1. The summed E-state index contributed by atoms with van der Waals surface area (Å²) in [6, 6.07) is 0. The first kappa shape index (κ1) is 21.2. The van der Waals surface area contributed by atoms with Crippen molar-refractivity contribution in [2.24, 2.45) is 11.7 Å². The number of aliphatic hydroxyl groups is 1. The van der Waals surface area contributed by atoms with Gasteiger partial charge < -0.3 is 25.1 Å². The minimum Gasteiger partial charge on any atom is -0.506 e. The van der Waals surface area contributed by atoms with Gasteiger partial charge in [0, 0.05) is 18.4 Å². The van der Waals surface area contributed by atoms with Crippen LogP contribution in [-0.4, -0.2) is 36.4 Å². The summed E-state index contributed by atoms with van der Waals surface area (Å²) in [5.74, 6) is -0.258. The molecule has 0 saturated heterocycles. The van der Waals surface area contributed by atoms with Gasteiger partial charge in [-0.05, 0) is 39.0 Å². The van der Waals surface area contributed by atoms with Crippen LogP contribution in [0.15, 0.2) is 22.8 Å². The molecule has 1 aliphatic carbocycles. The SMILES string of the molecule is CCOC(=O)CCCC1=C(C2CC2)C(O)=C(N)C(C(=O)OCC)O1.Cl. The van der Waals surface area contributed by atoms with Crippen molar-refractivity contribution in [2.45, 2.75) is 52.1 Å². The van der Waals surface area contributed by atoms with E-state index in [9.17, 15) is 14.7 Å². The van der Waals surface area contributed by atoms with E-state index in [0.29, 0.717) is 30.8 Å². The van der Waals surface area contributed by atoms with Crippen LogP contribution in [0.4, 0.5) is 0 Å². The Hall–Kier alpha value is -1.89. The minimum atomic E-state index is -1.13. The Bertz CT molecular complexity index is 567. The maximum atomic E-state index is 12.0. The van der Waals surface area contributed by atoms with E-state index >= 15 is 0 Å². The second-order valence-electron chi connectivity index (χ2n) is 5.82. The van der Waals surface area contributed by atoms with Gasteiger partial charge in [0.25, 0.3) is 0 Å². The molecule has 0 aromatic rings. The van der Waals surface area contributed by atoms with Gasteiger partial charge in [0.05, 0.1) is 13.2 Å². The van der Waals surface area contributed by atoms with E-state index in [1.54, 1.807) is 13.8 Å². The molecule has 0 aromatic heterocycles. The number of aliphatic hydroxyl groups excluding tert-OH is 1.